The maximum Gasteiger partial charge on any atom is 0.358 e. The molecule has 0 radical (unpaired) electrons. The topological polar surface area (TPSA) is 127 Å². The number of aromatic amines is 1. The van der Waals surface area contributed by atoms with Gasteiger partial charge in [-0.25, -0.2) is 14.8 Å². The lowest BCUT2D eigenvalue weighted by Crippen LogP contribution is -2.18. The zero-order valence-electron chi connectivity index (χ0n) is 10.1. The standard InChI is InChI=1S/C10H9N5O4/c1-4(16)12-10-14-7-6(8(17)15-10)13-5(3-11-7)9(18)19-2/h3H,1-2H3,(H2,11,12,14,15,16,17). The summed E-state index contributed by atoms with van der Waals surface area (Å²) < 4.78 is 4.47. The van der Waals surface area contributed by atoms with Gasteiger partial charge in [-0.15, -0.1) is 0 Å². The molecular weight excluding hydrogens is 254 g/mol. The first-order valence-corrected chi connectivity index (χ1v) is 5.14. The van der Waals surface area contributed by atoms with E-state index in [2.05, 4.69) is 30.0 Å². The van der Waals surface area contributed by atoms with Crippen molar-refractivity contribution in [1.29, 1.82) is 0 Å². The lowest BCUT2D eigenvalue weighted by Gasteiger charge is -2.03. The van der Waals surface area contributed by atoms with Gasteiger partial charge in [0.25, 0.3) is 5.56 Å². The molecule has 2 rings (SSSR count). The van der Waals surface area contributed by atoms with Crippen molar-refractivity contribution in [2.45, 2.75) is 6.92 Å². The lowest BCUT2D eigenvalue weighted by molar-refractivity contribution is -0.114. The number of hydrogen-bond acceptors (Lipinski definition) is 7. The number of methoxy groups -OCH3 is 1. The summed E-state index contributed by atoms with van der Waals surface area (Å²) in [6, 6.07) is 0. The number of H-pyrrole nitrogens is 1. The van der Waals surface area contributed by atoms with Crippen molar-refractivity contribution >= 4 is 29.0 Å². The molecule has 0 saturated heterocycles. The van der Waals surface area contributed by atoms with Crippen molar-refractivity contribution < 1.29 is 14.3 Å². The Morgan fingerprint density at radius 2 is 2.11 bits per heavy atom. The fraction of sp³-hybridized carbons (Fsp3) is 0.200. The first-order chi connectivity index (χ1) is 9.01. The Hall–Kier alpha value is -2.84. The van der Waals surface area contributed by atoms with Crippen molar-refractivity contribution in [2.75, 3.05) is 12.4 Å². The highest BCUT2D eigenvalue weighted by molar-refractivity contribution is 5.89. The Morgan fingerprint density at radius 3 is 2.74 bits per heavy atom. The van der Waals surface area contributed by atoms with Crippen molar-refractivity contribution in [3.05, 3.63) is 22.2 Å². The van der Waals surface area contributed by atoms with Gasteiger partial charge in [-0.3, -0.25) is 19.9 Å². The van der Waals surface area contributed by atoms with E-state index < -0.39 is 11.5 Å². The summed E-state index contributed by atoms with van der Waals surface area (Å²) in [5.74, 6) is -1.13. The van der Waals surface area contributed by atoms with Crippen LogP contribution in [0, 0.1) is 0 Å². The summed E-state index contributed by atoms with van der Waals surface area (Å²) in [5.41, 5.74) is -0.821. The average molecular weight is 263 g/mol. The minimum Gasteiger partial charge on any atom is -0.464 e. The fourth-order valence-electron chi connectivity index (χ4n) is 1.35. The van der Waals surface area contributed by atoms with E-state index in [0.29, 0.717) is 0 Å². The summed E-state index contributed by atoms with van der Waals surface area (Å²) in [4.78, 5) is 47.7. The van der Waals surface area contributed by atoms with Crippen molar-refractivity contribution in [1.82, 2.24) is 19.9 Å². The monoisotopic (exact) mass is 263 g/mol. The molecule has 0 saturated carbocycles. The largest absolute Gasteiger partial charge is 0.464 e. The maximum absolute atomic E-state index is 11.7. The Balaban J connectivity index is 2.57. The molecular formula is C10H9N5O4. The van der Waals surface area contributed by atoms with Crippen LogP contribution in [-0.4, -0.2) is 38.9 Å². The summed E-state index contributed by atoms with van der Waals surface area (Å²) in [7, 11) is 1.19. The van der Waals surface area contributed by atoms with Gasteiger partial charge in [-0.1, -0.05) is 0 Å². The Morgan fingerprint density at radius 1 is 1.37 bits per heavy atom. The highest BCUT2D eigenvalue weighted by atomic mass is 16.5. The van der Waals surface area contributed by atoms with Crippen LogP contribution in [0.5, 0.6) is 0 Å². The van der Waals surface area contributed by atoms with Gasteiger partial charge in [0.05, 0.1) is 13.3 Å². The molecule has 0 aliphatic carbocycles. The zero-order chi connectivity index (χ0) is 14.0. The Kier molecular flexibility index (Phi) is 3.19. The number of fused-ring (bicyclic) bond motifs is 1. The quantitative estimate of drug-likeness (QED) is 0.696. The van der Waals surface area contributed by atoms with Crippen molar-refractivity contribution in [3.63, 3.8) is 0 Å². The number of carbonyl (C=O) groups excluding carboxylic acids is 2. The Bertz CT molecular complexity index is 723. The fourth-order valence-corrected chi connectivity index (χ4v) is 1.35. The predicted molar refractivity (Wildman–Crippen MR) is 63.6 cm³/mol. The van der Waals surface area contributed by atoms with Crippen LogP contribution in [-0.2, 0) is 9.53 Å². The molecule has 9 nitrogen and oxygen atoms in total. The van der Waals surface area contributed by atoms with Gasteiger partial charge in [0, 0.05) is 6.92 Å². The number of amides is 1. The number of aromatic nitrogens is 4. The third-order valence-electron chi connectivity index (χ3n) is 2.11. The Labute approximate surface area is 106 Å². The highest BCUT2D eigenvalue weighted by Crippen LogP contribution is 2.05. The van der Waals surface area contributed by atoms with Gasteiger partial charge in [0.1, 0.15) is 0 Å². The molecule has 2 aromatic heterocycles. The van der Waals surface area contributed by atoms with Gasteiger partial charge >= 0.3 is 5.97 Å². The first kappa shape index (κ1) is 12.6. The lowest BCUT2D eigenvalue weighted by atomic mass is 10.4. The molecule has 0 aliphatic rings. The van der Waals surface area contributed by atoms with Crippen LogP contribution in [0.1, 0.15) is 17.4 Å². The third kappa shape index (κ3) is 2.54. The molecule has 1 amide bonds. The zero-order valence-corrected chi connectivity index (χ0v) is 10.1. The number of hydrogen-bond donors (Lipinski definition) is 2. The summed E-state index contributed by atoms with van der Waals surface area (Å²) in [6.45, 7) is 1.27. The molecule has 9 heteroatoms. The van der Waals surface area contributed by atoms with Gasteiger partial charge in [0.15, 0.2) is 16.9 Å². The molecule has 98 valence electrons. The molecule has 2 heterocycles. The second kappa shape index (κ2) is 4.80. The van der Waals surface area contributed by atoms with E-state index in [9.17, 15) is 14.4 Å². The molecule has 0 fully saturated rings. The first-order valence-electron chi connectivity index (χ1n) is 5.14. The summed E-state index contributed by atoms with van der Waals surface area (Å²) in [6.07, 6.45) is 1.14. The van der Waals surface area contributed by atoms with E-state index in [-0.39, 0.29) is 28.7 Å². The molecule has 0 spiro atoms. The van der Waals surface area contributed by atoms with Gasteiger partial charge < -0.3 is 4.74 Å². The minimum absolute atomic E-state index is 0.0140. The number of anilines is 1. The van der Waals surface area contributed by atoms with E-state index >= 15 is 0 Å². The third-order valence-corrected chi connectivity index (χ3v) is 2.11. The van der Waals surface area contributed by atoms with Crippen LogP contribution in [0.3, 0.4) is 0 Å². The highest BCUT2D eigenvalue weighted by Gasteiger charge is 2.13. The predicted octanol–water partition coefficient (Wildman–Crippen LogP) is -0.542. The summed E-state index contributed by atoms with van der Waals surface area (Å²) >= 11 is 0. The van der Waals surface area contributed by atoms with Gasteiger partial charge in [0.2, 0.25) is 11.9 Å². The SMILES string of the molecule is COC(=O)c1cnc2nc(NC(C)=O)[nH]c(=O)c2n1. The van der Waals surface area contributed by atoms with Crippen LogP contribution in [0.4, 0.5) is 5.95 Å². The van der Waals surface area contributed by atoms with Gasteiger partial charge in [-0.2, -0.15) is 4.98 Å². The minimum atomic E-state index is -0.709. The molecule has 0 atom stereocenters. The van der Waals surface area contributed by atoms with E-state index in [1.54, 1.807) is 0 Å². The number of nitrogens with zero attached hydrogens (tertiary/aromatic N) is 3. The number of nitrogens with one attached hydrogen (secondary N) is 2. The van der Waals surface area contributed by atoms with Gasteiger partial charge in [-0.05, 0) is 0 Å². The maximum atomic E-state index is 11.7. The van der Waals surface area contributed by atoms with E-state index in [0.717, 1.165) is 6.20 Å². The van der Waals surface area contributed by atoms with Crippen LogP contribution >= 0.6 is 0 Å². The van der Waals surface area contributed by atoms with Crippen molar-refractivity contribution in [3.8, 4) is 0 Å². The normalized spacial score (nSPS) is 10.2. The van der Waals surface area contributed by atoms with Crippen LogP contribution in [0.15, 0.2) is 11.0 Å². The molecule has 2 N–H and O–H groups in total. The average Bonchev–Trinajstić information content (AvgIpc) is 2.36. The van der Waals surface area contributed by atoms with E-state index in [1.165, 1.54) is 14.0 Å². The van der Waals surface area contributed by atoms with Crippen LogP contribution in [0.2, 0.25) is 0 Å². The molecule has 0 bridgehead atoms. The molecule has 0 aliphatic heterocycles. The van der Waals surface area contributed by atoms with E-state index in [4.69, 9.17) is 0 Å². The number of esters is 1. The van der Waals surface area contributed by atoms with Crippen molar-refractivity contribution in [2.24, 2.45) is 0 Å². The number of rotatable bonds is 2. The molecule has 0 unspecified atom stereocenters. The molecule has 0 aromatic carbocycles. The second-order valence-corrected chi connectivity index (χ2v) is 3.51. The second-order valence-electron chi connectivity index (χ2n) is 3.51. The number of ether oxygens (including phenoxy) is 1. The van der Waals surface area contributed by atoms with Crippen LogP contribution < -0.4 is 10.9 Å². The van der Waals surface area contributed by atoms with Crippen LogP contribution in [0.25, 0.3) is 11.2 Å². The smallest absolute Gasteiger partial charge is 0.358 e. The van der Waals surface area contributed by atoms with E-state index in [1.807, 2.05) is 0 Å². The summed E-state index contributed by atoms with van der Waals surface area (Å²) in [5, 5.41) is 2.32. The molecule has 19 heavy (non-hydrogen) atoms. The number of carbonyl (C=O) groups is 2. The molecule has 2 aromatic rings.